The highest BCUT2D eigenvalue weighted by Crippen LogP contribution is 2.31. The van der Waals surface area contributed by atoms with E-state index < -0.39 is 12.0 Å². The number of carbonyl (C=O) groups is 1. The molecule has 1 aliphatic heterocycles. The molecule has 0 fully saturated rings. The minimum Gasteiger partial charge on any atom is -0.480 e. The van der Waals surface area contributed by atoms with E-state index in [9.17, 15) is 4.79 Å². The number of hydrogen-bond acceptors (Lipinski definition) is 3. The summed E-state index contributed by atoms with van der Waals surface area (Å²) in [6.07, 6.45) is 0. The Hall–Kier alpha value is -1.00. The quantitative estimate of drug-likeness (QED) is 0.844. The molecule has 4 heteroatoms. The number of hydrogen-bond donors (Lipinski definition) is 2. The third-order valence-electron chi connectivity index (χ3n) is 2.79. The molecule has 1 aromatic carbocycles. The average molecular weight is 237 g/mol. The highest BCUT2D eigenvalue weighted by atomic mass is 32.2. The first-order chi connectivity index (χ1) is 7.68. The van der Waals surface area contributed by atoms with Gasteiger partial charge in [0, 0.05) is 17.5 Å². The maximum atomic E-state index is 10.8. The fourth-order valence-corrected chi connectivity index (χ4v) is 3.01. The van der Waals surface area contributed by atoms with Gasteiger partial charge in [-0.05, 0) is 18.1 Å². The molecule has 0 amide bonds. The minimum atomic E-state index is -0.798. The first-order valence-electron chi connectivity index (χ1n) is 5.33. The molecular formula is C12H15NO2S. The van der Waals surface area contributed by atoms with Crippen LogP contribution in [0.5, 0.6) is 0 Å². The Morgan fingerprint density at radius 2 is 2.31 bits per heavy atom. The lowest BCUT2D eigenvalue weighted by molar-refractivity contribution is -0.139. The molecule has 2 unspecified atom stereocenters. The van der Waals surface area contributed by atoms with Crippen LogP contribution in [0.15, 0.2) is 24.3 Å². The van der Waals surface area contributed by atoms with Crippen LogP contribution in [0.25, 0.3) is 0 Å². The summed E-state index contributed by atoms with van der Waals surface area (Å²) < 4.78 is 0. The zero-order chi connectivity index (χ0) is 11.5. The van der Waals surface area contributed by atoms with Crippen LogP contribution < -0.4 is 5.32 Å². The molecule has 0 aliphatic carbocycles. The zero-order valence-electron chi connectivity index (χ0n) is 9.14. The number of fused-ring (bicyclic) bond motifs is 1. The SMILES string of the molecule is CC(NC1CSCc2ccccc21)C(=O)O. The number of aliphatic carboxylic acids is 1. The highest BCUT2D eigenvalue weighted by Gasteiger charge is 2.23. The molecule has 1 aromatic rings. The van der Waals surface area contributed by atoms with Crippen molar-refractivity contribution in [2.45, 2.75) is 24.8 Å². The van der Waals surface area contributed by atoms with Crippen LogP contribution in [0.2, 0.25) is 0 Å². The summed E-state index contributed by atoms with van der Waals surface area (Å²) in [7, 11) is 0. The van der Waals surface area contributed by atoms with E-state index in [2.05, 4.69) is 17.4 Å². The Labute approximate surface area is 99.2 Å². The number of thioether (sulfide) groups is 1. The van der Waals surface area contributed by atoms with Crippen molar-refractivity contribution < 1.29 is 9.90 Å². The first-order valence-corrected chi connectivity index (χ1v) is 6.48. The van der Waals surface area contributed by atoms with E-state index in [1.165, 1.54) is 11.1 Å². The fraction of sp³-hybridized carbons (Fsp3) is 0.417. The van der Waals surface area contributed by atoms with Gasteiger partial charge in [-0.3, -0.25) is 10.1 Å². The average Bonchev–Trinajstić information content (AvgIpc) is 2.29. The molecule has 3 nitrogen and oxygen atoms in total. The van der Waals surface area contributed by atoms with Crippen molar-refractivity contribution >= 4 is 17.7 Å². The maximum absolute atomic E-state index is 10.8. The molecule has 0 radical (unpaired) electrons. The number of carboxylic acids is 1. The lowest BCUT2D eigenvalue weighted by Gasteiger charge is -2.27. The van der Waals surface area contributed by atoms with Gasteiger partial charge in [-0.25, -0.2) is 0 Å². The van der Waals surface area contributed by atoms with Crippen LogP contribution in [-0.4, -0.2) is 22.9 Å². The molecular weight excluding hydrogens is 222 g/mol. The van der Waals surface area contributed by atoms with Crippen LogP contribution >= 0.6 is 11.8 Å². The number of nitrogens with one attached hydrogen (secondary N) is 1. The lowest BCUT2D eigenvalue weighted by Crippen LogP contribution is -2.38. The molecule has 2 atom stereocenters. The standard InChI is InChI=1S/C12H15NO2S/c1-8(12(14)15)13-11-7-16-6-9-4-2-3-5-10(9)11/h2-5,8,11,13H,6-7H2,1H3,(H,14,15). The van der Waals surface area contributed by atoms with Gasteiger partial charge in [0.1, 0.15) is 6.04 Å². The van der Waals surface area contributed by atoms with Crippen molar-refractivity contribution in [2.24, 2.45) is 0 Å². The molecule has 1 aliphatic rings. The Bertz CT molecular complexity index is 394. The Kier molecular flexibility index (Phi) is 3.51. The van der Waals surface area contributed by atoms with Gasteiger partial charge in [-0.15, -0.1) is 0 Å². The normalized spacial score (nSPS) is 21.2. The van der Waals surface area contributed by atoms with Crippen molar-refractivity contribution in [3.05, 3.63) is 35.4 Å². The monoisotopic (exact) mass is 237 g/mol. The molecule has 2 rings (SSSR count). The summed E-state index contributed by atoms with van der Waals surface area (Å²) in [6.45, 7) is 1.68. The van der Waals surface area contributed by atoms with Crippen molar-refractivity contribution in [2.75, 3.05) is 5.75 Å². The highest BCUT2D eigenvalue weighted by molar-refractivity contribution is 7.98. The smallest absolute Gasteiger partial charge is 0.320 e. The Morgan fingerprint density at radius 1 is 1.56 bits per heavy atom. The Morgan fingerprint density at radius 3 is 3.06 bits per heavy atom. The van der Waals surface area contributed by atoms with Gasteiger partial charge < -0.3 is 5.11 Å². The van der Waals surface area contributed by atoms with Crippen molar-refractivity contribution in [1.29, 1.82) is 0 Å². The van der Waals surface area contributed by atoms with Gasteiger partial charge in [0.2, 0.25) is 0 Å². The van der Waals surface area contributed by atoms with Crippen LogP contribution in [0, 0.1) is 0 Å². The number of carboxylic acid groups (broad SMARTS) is 1. The fourth-order valence-electron chi connectivity index (χ4n) is 1.89. The summed E-state index contributed by atoms with van der Waals surface area (Å²) in [5, 5.41) is 12.0. The Balaban J connectivity index is 2.16. The van der Waals surface area contributed by atoms with E-state index in [0.717, 1.165) is 11.5 Å². The topological polar surface area (TPSA) is 49.3 Å². The van der Waals surface area contributed by atoms with E-state index in [1.54, 1.807) is 6.92 Å². The number of rotatable bonds is 3. The summed E-state index contributed by atoms with van der Waals surface area (Å²) >= 11 is 1.84. The third kappa shape index (κ3) is 2.39. The second-order valence-corrected chi connectivity index (χ2v) is 5.02. The predicted octanol–water partition coefficient (Wildman–Crippen LogP) is 2.04. The van der Waals surface area contributed by atoms with Crippen molar-refractivity contribution in [3.63, 3.8) is 0 Å². The summed E-state index contributed by atoms with van der Waals surface area (Å²) in [5.74, 6) is 1.16. The van der Waals surface area contributed by atoms with Gasteiger partial charge in [-0.1, -0.05) is 24.3 Å². The van der Waals surface area contributed by atoms with Crippen molar-refractivity contribution in [3.8, 4) is 0 Å². The second kappa shape index (κ2) is 4.89. The van der Waals surface area contributed by atoms with Gasteiger partial charge in [-0.2, -0.15) is 11.8 Å². The van der Waals surface area contributed by atoms with Crippen LogP contribution in [0.3, 0.4) is 0 Å². The van der Waals surface area contributed by atoms with Gasteiger partial charge in [0.15, 0.2) is 0 Å². The van der Waals surface area contributed by atoms with Crippen LogP contribution in [0.4, 0.5) is 0 Å². The maximum Gasteiger partial charge on any atom is 0.320 e. The van der Waals surface area contributed by atoms with E-state index in [-0.39, 0.29) is 6.04 Å². The van der Waals surface area contributed by atoms with Gasteiger partial charge >= 0.3 is 5.97 Å². The molecule has 0 saturated heterocycles. The molecule has 1 heterocycles. The molecule has 0 bridgehead atoms. The summed E-state index contributed by atoms with van der Waals surface area (Å²) in [6, 6.07) is 7.89. The molecule has 86 valence electrons. The van der Waals surface area contributed by atoms with E-state index in [0.29, 0.717) is 0 Å². The predicted molar refractivity (Wildman–Crippen MR) is 65.6 cm³/mol. The minimum absolute atomic E-state index is 0.154. The zero-order valence-corrected chi connectivity index (χ0v) is 9.96. The molecule has 0 aromatic heterocycles. The molecule has 2 N–H and O–H groups in total. The van der Waals surface area contributed by atoms with E-state index in [4.69, 9.17) is 5.11 Å². The van der Waals surface area contributed by atoms with Crippen molar-refractivity contribution in [1.82, 2.24) is 5.32 Å². The molecule has 0 saturated carbocycles. The third-order valence-corrected chi connectivity index (χ3v) is 3.88. The number of benzene rings is 1. The van der Waals surface area contributed by atoms with Gasteiger partial charge in [0.25, 0.3) is 0 Å². The largest absolute Gasteiger partial charge is 0.480 e. The second-order valence-electron chi connectivity index (χ2n) is 3.99. The van der Waals surface area contributed by atoms with E-state index >= 15 is 0 Å². The van der Waals surface area contributed by atoms with Crippen LogP contribution in [0.1, 0.15) is 24.1 Å². The molecule has 0 spiro atoms. The van der Waals surface area contributed by atoms with Gasteiger partial charge in [0.05, 0.1) is 0 Å². The molecule has 16 heavy (non-hydrogen) atoms. The van der Waals surface area contributed by atoms with Crippen LogP contribution in [-0.2, 0) is 10.5 Å². The first kappa shape index (κ1) is 11.5. The lowest BCUT2D eigenvalue weighted by atomic mass is 10.0. The summed E-state index contributed by atoms with van der Waals surface area (Å²) in [4.78, 5) is 10.8. The van der Waals surface area contributed by atoms with E-state index in [1.807, 2.05) is 23.9 Å². The summed E-state index contributed by atoms with van der Waals surface area (Å²) in [5.41, 5.74) is 2.56.